The molecule has 0 heterocycles. The molecular weight excluding hydrogens is 602 g/mol. The van der Waals surface area contributed by atoms with E-state index in [2.05, 4.69) is 121 Å². The van der Waals surface area contributed by atoms with Gasteiger partial charge < -0.3 is 0 Å². The first-order valence-electron chi connectivity index (χ1n) is 9.85. The Morgan fingerprint density at radius 1 is 0.333 bits per heavy atom. The maximum atomic E-state index is 2.22. The molecule has 2 heteroatoms. The standard InChI is InChI=1S/C28H24.2Cs/c1-5-13-23(14-6-1)27(24-15-7-2-8-16-24)21-22-28(25-17-9-3-10-18-25)26-19-11-4-12-20-26;;/h1-20H,21-22H2;;/q-2;2*+1. The Morgan fingerprint density at radius 3 is 0.733 bits per heavy atom. The molecule has 30 heavy (non-hydrogen) atoms. The molecule has 4 aromatic carbocycles. The van der Waals surface area contributed by atoms with E-state index in [-0.39, 0.29) is 138 Å². The summed E-state index contributed by atoms with van der Waals surface area (Å²) in [6.07, 6.45) is 1.99. The van der Waals surface area contributed by atoms with Gasteiger partial charge in [-0.05, 0) is 0 Å². The van der Waals surface area contributed by atoms with Gasteiger partial charge in [0, 0.05) is 0 Å². The van der Waals surface area contributed by atoms with Crippen molar-refractivity contribution in [3.05, 3.63) is 155 Å². The first kappa shape index (κ1) is 27.0. The Hall–Kier alpha value is 0.724. The second-order valence-electron chi connectivity index (χ2n) is 6.92. The topological polar surface area (TPSA) is 0 Å². The molecule has 138 valence electrons. The summed E-state index contributed by atoms with van der Waals surface area (Å²) in [7, 11) is 0. The molecular formula is C28H24Cs2. The molecule has 0 N–H and O–H groups in total. The summed E-state index contributed by atoms with van der Waals surface area (Å²) in [6.45, 7) is 0. The summed E-state index contributed by atoms with van der Waals surface area (Å²) in [5, 5.41) is 0. The molecule has 0 spiro atoms. The molecule has 0 saturated heterocycles. The van der Waals surface area contributed by atoms with Crippen molar-refractivity contribution < 1.29 is 138 Å². The molecule has 0 atom stereocenters. The van der Waals surface area contributed by atoms with E-state index in [1.54, 1.807) is 0 Å². The van der Waals surface area contributed by atoms with Crippen LogP contribution >= 0.6 is 0 Å². The minimum atomic E-state index is 0. The molecule has 0 aliphatic heterocycles. The van der Waals surface area contributed by atoms with Gasteiger partial charge in [0.1, 0.15) is 0 Å². The Balaban J connectivity index is 0.00000160. The van der Waals surface area contributed by atoms with E-state index in [1.165, 1.54) is 34.1 Å². The van der Waals surface area contributed by atoms with Crippen LogP contribution in [0.2, 0.25) is 0 Å². The van der Waals surface area contributed by atoms with Gasteiger partial charge in [-0.15, -0.1) is 82.6 Å². The van der Waals surface area contributed by atoms with Gasteiger partial charge in [0.05, 0.1) is 0 Å². The maximum Gasteiger partial charge on any atom is 1.00 e. The van der Waals surface area contributed by atoms with Crippen LogP contribution < -0.4 is 138 Å². The first-order valence-corrected chi connectivity index (χ1v) is 9.85. The average Bonchev–Trinajstić information content (AvgIpc) is 2.79. The van der Waals surface area contributed by atoms with Gasteiger partial charge in [0.15, 0.2) is 0 Å². The third-order valence-corrected chi connectivity index (χ3v) is 5.11. The van der Waals surface area contributed by atoms with Crippen molar-refractivity contribution in [3.8, 4) is 0 Å². The van der Waals surface area contributed by atoms with E-state index in [0.29, 0.717) is 0 Å². The average molecular weight is 626 g/mol. The SMILES string of the molecule is [Cs+].[Cs+].c1ccc([C-](CC[C-](c2ccccc2)c2ccccc2)c2ccccc2)cc1. The van der Waals surface area contributed by atoms with Crippen LogP contribution in [0.5, 0.6) is 0 Å². The predicted molar refractivity (Wildman–Crippen MR) is 118 cm³/mol. The van der Waals surface area contributed by atoms with Gasteiger partial charge in [-0.2, -0.15) is 0 Å². The van der Waals surface area contributed by atoms with Gasteiger partial charge in [-0.1, -0.05) is 85.6 Å². The molecule has 0 aliphatic rings. The smallest absolute Gasteiger partial charge is 0.120 e. The quantitative estimate of drug-likeness (QED) is 0.270. The van der Waals surface area contributed by atoms with E-state index in [1.807, 2.05) is 0 Å². The summed E-state index contributed by atoms with van der Waals surface area (Å²) >= 11 is 0. The zero-order chi connectivity index (χ0) is 19.0. The number of benzene rings is 4. The Labute approximate surface area is 299 Å². The molecule has 0 nitrogen and oxygen atoms in total. The van der Waals surface area contributed by atoms with Crippen molar-refractivity contribution in [3.63, 3.8) is 0 Å². The van der Waals surface area contributed by atoms with E-state index in [9.17, 15) is 0 Å². The maximum absolute atomic E-state index is 2.22. The van der Waals surface area contributed by atoms with Crippen LogP contribution in [0.15, 0.2) is 121 Å². The molecule has 4 rings (SSSR count). The van der Waals surface area contributed by atoms with Crippen molar-refractivity contribution in [2.45, 2.75) is 12.8 Å². The minimum absolute atomic E-state index is 0. The Kier molecular flexibility index (Phi) is 13.3. The van der Waals surface area contributed by atoms with Crippen molar-refractivity contribution in [1.82, 2.24) is 0 Å². The van der Waals surface area contributed by atoms with Crippen LogP contribution in [0.25, 0.3) is 0 Å². The fraction of sp³-hybridized carbons (Fsp3) is 0.0714. The Morgan fingerprint density at radius 2 is 0.533 bits per heavy atom. The van der Waals surface area contributed by atoms with Crippen LogP contribution in [-0.4, -0.2) is 0 Å². The van der Waals surface area contributed by atoms with Crippen molar-refractivity contribution in [2.24, 2.45) is 0 Å². The van der Waals surface area contributed by atoms with E-state index < -0.39 is 0 Å². The molecule has 0 unspecified atom stereocenters. The van der Waals surface area contributed by atoms with Crippen LogP contribution in [0.4, 0.5) is 0 Å². The van der Waals surface area contributed by atoms with Crippen LogP contribution in [0.3, 0.4) is 0 Å². The number of rotatable bonds is 7. The zero-order valence-electron chi connectivity index (χ0n) is 18.0. The molecule has 0 fully saturated rings. The van der Waals surface area contributed by atoms with E-state index in [0.717, 1.165) is 12.8 Å². The van der Waals surface area contributed by atoms with Gasteiger partial charge in [-0.25, -0.2) is 0 Å². The fourth-order valence-corrected chi connectivity index (χ4v) is 3.72. The molecule has 4 aromatic rings. The van der Waals surface area contributed by atoms with Crippen LogP contribution in [0, 0.1) is 11.8 Å². The summed E-state index contributed by atoms with van der Waals surface area (Å²) in [5.74, 6) is 2.79. The van der Waals surface area contributed by atoms with Crippen LogP contribution in [-0.2, 0) is 0 Å². The monoisotopic (exact) mass is 626 g/mol. The van der Waals surface area contributed by atoms with Gasteiger partial charge in [0.25, 0.3) is 0 Å². The molecule has 0 bridgehead atoms. The molecule has 0 amide bonds. The largest absolute Gasteiger partial charge is 1.00 e. The Bertz CT molecular complexity index is 792. The summed E-state index contributed by atoms with van der Waals surface area (Å²) in [4.78, 5) is 0. The molecule has 0 saturated carbocycles. The normalized spacial score (nSPS) is 9.73. The second-order valence-corrected chi connectivity index (χ2v) is 6.92. The first-order chi connectivity index (χ1) is 13.9. The molecule has 0 aliphatic carbocycles. The number of hydrogen-bond donors (Lipinski definition) is 0. The molecule has 0 aromatic heterocycles. The third-order valence-electron chi connectivity index (χ3n) is 5.11. The zero-order valence-corrected chi connectivity index (χ0v) is 30.5. The summed E-state index contributed by atoms with van der Waals surface area (Å²) in [6, 6.07) is 43.0. The van der Waals surface area contributed by atoms with Crippen molar-refractivity contribution in [2.75, 3.05) is 0 Å². The van der Waals surface area contributed by atoms with E-state index >= 15 is 0 Å². The number of hydrogen-bond acceptors (Lipinski definition) is 0. The second kappa shape index (κ2) is 14.8. The predicted octanol–water partition coefficient (Wildman–Crippen LogP) is 1.12. The van der Waals surface area contributed by atoms with Crippen molar-refractivity contribution >= 4 is 0 Å². The summed E-state index contributed by atoms with van der Waals surface area (Å²) < 4.78 is 0. The van der Waals surface area contributed by atoms with Crippen molar-refractivity contribution in [1.29, 1.82) is 0 Å². The van der Waals surface area contributed by atoms with Crippen LogP contribution in [0.1, 0.15) is 35.1 Å². The van der Waals surface area contributed by atoms with E-state index in [4.69, 9.17) is 0 Å². The fourth-order valence-electron chi connectivity index (χ4n) is 3.72. The molecule has 0 radical (unpaired) electrons. The third kappa shape index (κ3) is 7.65. The minimum Gasteiger partial charge on any atom is -0.120 e. The van der Waals surface area contributed by atoms with Gasteiger partial charge in [0.2, 0.25) is 0 Å². The summed E-state index contributed by atoms with van der Waals surface area (Å²) in [5.41, 5.74) is 5.20. The van der Waals surface area contributed by atoms with Gasteiger partial charge in [-0.3, -0.25) is 0 Å². The van der Waals surface area contributed by atoms with Gasteiger partial charge >= 0.3 is 138 Å².